The lowest BCUT2D eigenvalue weighted by Gasteiger charge is -2.15. The van der Waals surface area contributed by atoms with Gasteiger partial charge in [-0.05, 0) is 23.7 Å². The van der Waals surface area contributed by atoms with Gasteiger partial charge in [-0.25, -0.2) is 9.97 Å². The molecule has 0 aliphatic rings. The van der Waals surface area contributed by atoms with Crippen molar-refractivity contribution in [2.75, 3.05) is 6.61 Å². The molecule has 20 heavy (non-hydrogen) atoms. The number of imidazole rings is 1. The van der Waals surface area contributed by atoms with E-state index >= 15 is 0 Å². The van der Waals surface area contributed by atoms with Crippen molar-refractivity contribution >= 4 is 36.9 Å². The molecule has 0 atom stereocenters. The maximum absolute atomic E-state index is 6.17. The van der Waals surface area contributed by atoms with E-state index in [1.165, 1.54) is 0 Å². The zero-order valence-electron chi connectivity index (χ0n) is 12.2. The van der Waals surface area contributed by atoms with Crippen molar-refractivity contribution in [3.8, 4) is 0 Å². The molecule has 0 unspecified atom stereocenters. The molecule has 0 fully saturated rings. The topological polar surface area (TPSA) is 39.9 Å². The van der Waals surface area contributed by atoms with E-state index in [0.29, 0.717) is 12.0 Å². The van der Waals surface area contributed by atoms with Crippen LogP contribution in [0.4, 0.5) is 0 Å². The molecule has 2 rings (SSSR count). The number of ether oxygens (including phenoxy) is 1. The van der Waals surface area contributed by atoms with Crippen LogP contribution in [0.15, 0.2) is 18.8 Å². The zero-order chi connectivity index (χ0) is 14.8. The summed E-state index contributed by atoms with van der Waals surface area (Å²) in [4.78, 5) is 8.67. The van der Waals surface area contributed by atoms with Gasteiger partial charge in [0.1, 0.15) is 12.2 Å². The van der Waals surface area contributed by atoms with Gasteiger partial charge in [0.25, 0.3) is 0 Å². The highest BCUT2D eigenvalue weighted by molar-refractivity contribution is 6.76. The minimum Gasteiger partial charge on any atom is -0.361 e. The number of hydrogen-bond donors (Lipinski definition) is 0. The SMILES string of the molecule is C=Cc1ccnc2c1nc(Cl)n2COCC[Si](C)(C)C. The normalized spacial score (nSPS) is 12.0. The Morgan fingerprint density at radius 1 is 1.45 bits per heavy atom. The van der Waals surface area contributed by atoms with E-state index in [-0.39, 0.29) is 0 Å². The van der Waals surface area contributed by atoms with Crippen molar-refractivity contribution in [1.29, 1.82) is 0 Å². The Hall–Kier alpha value is -1.17. The Morgan fingerprint density at radius 2 is 2.20 bits per heavy atom. The summed E-state index contributed by atoms with van der Waals surface area (Å²) in [6.07, 6.45) is 3.49. The van der Waals surface area contributed by atoms with E-state index in [1.807, 2.05) is 6.07 Å². The molecule has 0 spiro atoms. The number of fused-ring (bicyclic) bond motifs is 1. The van der Waals surface area contributed by atoms with E-state index in [4.69, 9.17) is 16.3 Å². The van der Waals surface area contributed by atoms with Crippen LogP contribution in [0, 0.1) is 0 Å². The van der Waals surface area contributed by atoms with Gasteiger partial charge < -0.3 is 4.74 Å². The highest BCUT2D eigenvalue weighted by Crippen LogP contribution is 2.22. The molecule has 6 heteroatoms. The van der Waals surface area contributed by atoms with Crippen LogP contribution in [0.5, 0.6) is 0 Å². The van der Waals surface area contributed by atoms with Crippen molar-refractivity contribution in [3.05, 3.63) is 29.7 Å². The maximum atomic E-state index is 6.17. The monoisotopic (exact) mass is 309 g/mol. The lowest BCUT2D eigenvalue weighted by atomic mass is 10.2. The average Bonchev–Trinajstić information content (AvgIpc) is 2.69. The predicted octanol–water partition coefficient (Wildman–Crippen LogP) is 4.04. The Morgan fingerprint density at radius 3 is 2.85 bits per heavy atom. The molecular weight excluding hydrogens is 290 g/mol. The Balaban J connectivity index is 2.14. The van der Waals surface area contributed by atoms with Crippen LogP contribution in [0.2, 0.25) is 31.0 Å². The summed E-state index contributed by atoms with van der Waals surface area (Å²) in [6, 6.07) is 3.00. The molecular formula is C14H20ClN3OSi. The molecule has 108 valence electrons. The summed E-state index contributed by atoms with van der Waals surface area (Å²) in [5, 5.41) is 0.398. The molecule has 0 aromatic carbocycles. The molecule has 0 aliphatic carbocycles. The summed E-state index contributed by atoms with van der Waals surface area (Å²) < 4.78 is 7.51. The molecule has 2 aromatic heterocycles. The lowest BCUT2D eigenvalue weighted by molar-refractivity contribution is 0.0897. The van der Waals surface area contributed by atoms with Gasteiger partial charge in [-0.3, -0.25) is 4.57 Å². The highest BCUT2D eigenvalue weighted by Gasteiger charge is 2.14. The van der Waals surface area contributed by atoms with Gasteiger partial charge in [-0.2, -0.15) is 0 Å². The van der Waals surface area contributed by atoms with Crippen LogP contribution in [-0.2, 0) is 11.5 Å². The van der Waals surface area contributed by atoms with Crippen LogP contribution < -0.4 is 0 Å². The van der Waals surface area contributed by atoms with E-state index in [9.17, 15) is 0 Å². The molecule has 2 aromatic rings. The summed E-state index contributed by atoms with van der Waals surface area (Å²) in [7, 11) is -1.07. The molecule has 0 aliphatic heterocycles. The molecule has 0 N–H and O–H groups in total. The second kappa shape index (κ2) is 6.07. The first-order valence-electron chi connectivity index (χ1n) is 6.63. The first kappa shape index (κ1) is 15.2. The summed E-state index contributed by atoms with van der Waals surface area (Å²) >= 11 is 6.17. The van der Waals surface area contributed by atoms with Crippen LogP contribution in [0.25, 0.3) is 17.2 Å². The average molecular weight is 310 g/mol. The zero-order valence-corrected chi connectivity index (χ0v) is 13.9. The van der Waals surface area contributed by atoms with Crippen molar-refractivity contribution in [2.24, 2.45) is 0 Å². The predicted molar refractivity (Wildman–Crippen MR) is 86.7 cm³/mol. The molecule has 0 amide bonds. The van der Waals surface area contributed by atoms with E-state index in [1.54, 1.807) is 16.8 Å². The van der Waals surface area contributed by atoms with Gasteiger partial charge in [-0.1, -0.05) is 32.3 Å². The van der Waals surface area contributed by atoms with Crippen molar-refractivity contribution in [1.82, 2.24) is 14.5 Å². The third-order valence-electron chi connectivity index (χ3n) is 3.06. The molecule has 0 bridgehead atoms. The molecule has 0 saturated heterocycles. The standard InChI is InChI=1S/C14H20ClN3OSi/c1-5-11-6-7-16-13-12(11)17-14(15)18(13)10-19-8-9-20(2,3)4/h5-7H,1,8-10H2,2-4H3. The van der Waals surface area contributed by atoms with Gasteiger partial charge in [0, 0.05) is 26.4 Å². The quantitative estimate of drug-likeness (QED) is 0.597. The third kappa shape index (κ3) is 3.48. The number of halogens is 1. The summed E-state index contributed by atoms with van der Waals surface area (Å²) in [5.41, 5.74) is 2.43. The Kier molecular flexibility index (Phi) is 4.62. The largest absolute Gasteiger partial charge is 0.361 e. The van der Waals surface area contributed by atoms with E-state index in [0.717, 1.165) is 29.4 Å². The summed E-state index contributed by atoms with van der Waals surface area (Å²) in [5.74, 6) is 0. The molecule has 2 heterocycles. The number of aromatic nitrogens is 3. The number of nitrogens with zero attached hydrogens (tertiary/aromatic N) is 3. The fraction of sp³-hybridized carbons (Fsp3) is 0.429. The number of hydrogen-bond acceptors (Lipinski definition) is 3. The van der Waals surface area contributed by atoms with Gasteiger partial charge in [0.15, 0.2) is 5.65 Å². The highest BCUT2D eigenvalue weighted by atomic mass is 35.5. The maximum Gasteiger partial charge on any atom is 0.206 e. The molecule has 4 nitrogen and oxygen atoms in total. The molecule has 0 saturated carbocycles. The van der Waals surface area contributed by atoms with Gasteiger partial charge in [0.2, 0.25) is 5.28 Å². The number of pyridine rings is 1. The minimum atomic E-state index is -1.07. The Labute approximate surface area is 125 Å². The second-order valence-corrected chi connectivity index (χ2v) is 11.9. The van der Waals surface area contributed by atoms with Crippen LogP contribution >= 0.6 is 11.6 Å². The van der Waals surface area contributed by atoms with Crippen molar-refractivity contribution < 1.29 is 4.74 Å². The third-order valence-corrected chi connectivity index (χ3v) is 5.05. The minimum absolute atomic E-state index is 0.382. The van der Waals surface area contributed by atoms with E-state index < -0.39 is 8.07 Å². The van der Waals surface area contributed by atoms with Gasteiger partial charge in [0.05, 0.1) is 0 Å². The molecule has 0 radical (unpaired) electrons. The Bertz CT molecular complexity index is 619. The van der Waals surface area contributed by atoms with Crippen molar-refractivity contribution in [2.45, 2.75) is 32.4 Å². The fourth-order valence-electron chi connectivity index (χ4n) is 1.82. The van der Waals surface area contributed by atoms with E-state index in [2.05, 4.69) is 36.2 Å². The van der Waals surface area contributed by atoms with Crippen molar-refractivity contribution in [3.63, 3.8) is 0 Å². The van der Waals surface area contributed by atoms with Crippen LogP contribution in [0.3, 0.4) is 0 Å². The smallest absolute Gasteiger partial charge is 0.206 e. The second-order valence-electron chi connectivity index (χ2n) is 5.93. The van der Waals surface area contributed by atoms with Gasteiger partial charge in [-0.15, -0.1) is 0 Å². The first-order chi connectivity index (χ1) is 9.42. The number of rotatable bonds is 6. The summed E-state index contributed by atoms with van der Waals surface area (Å²) in [6.45, 7) is 11.9. The van der Waals surface area contributed by atoms with Crippen LogP contribution in [-0.4, -0.2) is 29.2 Å². The first-order valence-corrected chi connectivity index (χ1v) is 10.7. The fourth-order valence-corrected chi connectivity index (χ4v) is 2.79. The van der Waals surface area contributed by atoms with Crippen LogP contribution in [0.1, 0.15) is 5.56 Å². The lowest BCUT2D eigenvalue weighted by Crippen LogP contribution is -2.22. The van der Waals surface area contributed by atoms with Gasteiger partial charge >= 0.3 is 0 Å².